The molecule has 1 aromatic carbocycles. The molecule has 0 bridgehead atoms. The van der Waals surface area contributed by atoms with Gasteiger partial charge in [0.15, 0.2) is 0 Å². The van der Waals surface area contributed by atoms with Crippen LogP contribution >= 0.6 is 0 Å². The summed E-state index contributed by atoms with van der Waals surface area (Å²) in [6.07, 6.45) is 1.03. The second kappa shape index (κ2) is 6.33. The molecule has 0 aliphatic heterocycles. The van der Waals surface area contributed by atoms with Crippen molar-refractivity contribution in [2.45, 2.75) is 26.3 Å². The largest absolute Gasteiger partial charge is 0.497 e. The molecule has 0 aliphatic rings. The van der Waals surface area contributed by atoms with Crippen molar-refractivity contribution in [3.8, 4) is 5.75 Å². The van der Waals surface area contributed by atoms with Crippen LogP contribution in [0.2, 0.25) is 0 Å². The van der Waals surface area contributed by atoms with Crippen LogP contribution in [0.4, 0.5) is 0 Å². The first kappa shape index (κ1) is 12.8. The zero-order valence-electron chi connectivity index (χ0n) is 10.4. The highest BCUT2D eigenvalue weighted by Crippen LogP contribution is 2.17. The van der Waals surface area contributed by atoms with E-state index in [1.165, 1.54) is 11.1 Å². The third kappa shape index (κ3) is 3.70. The summed E-state index contributed by atoms with van der Waals surface area (Å²) in [4.78, 5) is 0. The minimum atomic E-state index is 0.342. The summed E-state index contributed by atoms with van der Waals surface area (Å²) in [5, 5.41) is 3.45. The molecule has 0 radical (unpaired) electrons. The lowest BCUT2D eigenvalue weighted by atomic mass is 10.1. The Balaban J connectivity index is 2.52. The first-order chi connectivity index (χ1) is 7.67. The molecule has 2 nitrogen and oxygen atoms in total. The number of hydrogen-bond donors (Lipinski definition) is 1. The van der Waals surface area contributed by atoms with Crippen LogP contribution in [0, 0.1) is 0 Å². The summed E-state index contributed by atoms with van der Waals surface area (Å²) in [5.74, 6) is 0.897. The van der Waals surface area contributed by atoms with Crippen LogP contribution in [0.25, 0.3) is 0 Å². The van der Waals surface area contributed by atoms with Crippen LogP contribution in [-0.2, 0) is 0 Å². The molecule has 1 atom stereocenters. The Kier molecular flexibility index (Phi) is 5.06. The first-order valence-corrected chi connectivity index (χ1v) is 5.71. The second-order valence-corrected chi connectivity index (χ2v) is 3.98. The Morgan fingerprint density at radius 1 is 1.38 bits per heavy atom. The van der Waals surface area contributed by atoms with E-state index in [4.69, 9.17) is 4.74 Å². The molecule has 1 unspecified atom stereocenters. The van der Waals surface area contributed by atoms with Crippen LogP contribution in [0.1, 0.15) is 31.9 Å². The molecule has 0 saturated heterocycles. The maximum absolute atomic E-state index is 5.13. The fourth-order valence-electron chi connectivity index (χ4n) is 1.43. The van der Waals surface area contributed by atoms with Crippen LogP contribution in [0.3, 0.4) is 0 Å². The Morgan fingerprint density at radius 3 is 2.50 bits per heavy atom. The number of ether oxygens (including phenoxy) is 1. The molecular formula is C14H21NO. The summed E-state index contributed by atoms with van der Waals surface area (Å²) in [7, 11) is 1.68. The Labute approximate surface area is 98.3 Å². The predicted octanol–water partition coefficient (Wildman–Crippen LogP) is 3.31. The van der Waals surface area contributed by atoms with E-state index in [-0.39, 0.29) is 0 Å². The fourth-order valence-corrected chi connectivity index (χ4v) is 1.43. The van der Waals surface area contributed by atoms with Crippen LogP contribution < -0.4 is 10.1 Å². The van der Waals surface area contributed by atoms with Crippen molar-refractivity contribution in [3.05, 3.63) is 42.0 Å². The topological polar surface area (TPSA) is 21.3 Å². The highest BCUT2D eigenvalue weighted by atomic mass is 16.5. The Morgan fingerprint density at radius 2 is 2.00 bits per heavy atom. The summed E-state index contributed by atoms with van der Waals surface area (Å²) in [6, 6.07) is 8.50. The molecule has 0 spiro atoms. The van der Waals surface area contributed by atoms with Crippen molar-refractivity contribution in [1.29, 1.82) is 0 Å². The van der Waals surface area contributed by atoms with Crippen LogP contribution in [0.5, 0.6) is 5.75 Å². The van der Waals surface area contributed by atoms with Crippen molar-refractivity contribution in [2.75, 3.05) is 13.7 Å². The van der Waals surface area contributed by atoms with Crippen molar-refractivity contribution in [2.24, 2.45) is 0 Å². The SMILES string of the molecule is C=C(CC)CNC(C)c1ccc(OC)cc1. The van der Waals surface area contributed by atoms with Gasteiger partial charge in [0, 0.05) is 12.6 Å². The van der Waals surface area contributed by atoms with E-state index < -0.39 is 0 Å². The standard InChI is InChI=1S/C14H21NO/c1-5-11(2)10-15-12(3)13-6-8-14(16-4)9-7-13/h6-9,12,15H,2,5,10H2,1,3-4H3. The molecule has 0 heterocycles. The minimum absolute atomic E-state index is 0.342. The quantitative estimate of drug-likeness (QED) is 0.741. The Bertz CT molecular complexity index is 329. The molecule has 1 N–H and O–H groups in total. The smallest absolute Gasteiger partial charge is 0.118 e. The van der Waals surface area contributed by atoms with E-state index in [9.17, 15) is 0 Å². The van der Waals surface area contributed by atoms with Gasteiger partial charge in [0.1, 0.15) is 5.75 Å². The maximum Gasteiger partial charge on any atom is 0.118 e. The molecule has 88 valence electrons. The molecule has 0 saturated carbocycles. The molecular weight excluding hydrogens is 198 g/mol. The first-order valence-electron chi connectivity index (χ1n) is 5.71. The molecule has 16 heavy (non-hydrogen) atoms. The molecule has 1 aromatic rings. The Hall–Kier alpha value is -1.28. The number of rotatable bonds is 6. The monoisotopic (exact) mass is 219 g/mol. The highest BCUT2D eigenvalue weighted by Gasteiger charge is 2.04. The number of benzene rings is 1. The predicted molar refractivity (Wildman–Crippen MR) is 68.8 cm³/mol. The van der Waals surface area contributed by atoms with Gasteiger partial charge in [0.25, 0.3) is 0 Å². The zero-order chi connectivity index (χ0) is 12.0. The van der Waals surface area contributed by atoms with E-state index in [1.807, 2.05) is 12.1 Å². The van der Waals surface area contributed by atoms with Crippen molar-refractivity contribution in [3.63, 3.8) is 0 Å². The van der Waals surface area contributed by atoms with Crippen LogP contribution in [0.15, 0.2) is 36.4 Å². The van der Waals surface area contributed by atoms with E-state index >= 15 is 0 Å². The molecule has 2 heteroatoms. The van der Waals surface area contributed by atoms with Gasteiger partial charge in [-0.25, -0.2) is 0 Å². The number of methoxy groups -OCH3 is 1. The highest BCUT2D eigenvalue weighted by molar-refractivity contribution is 5.28. The summed E-state index contributed by atoms with van der Waals surface area (Å²) in [6.45, 7) is 9.15. The molecule has 0 fully saturated rings. The van der Waals surface area contributed by atoms with Crippen molar-refractivity contribution < 1.29 is 4.74 Å². The molecule has 0 aromatic heterocycles. The lowest BCUT2D eigenvalue weighted by Gasteiger charge is -2.15. The van der Waals surface area contributed by atoms with Gasteiger partial charge in [-0.1, -0.05) is 31.2 Å². The maximum atomic E-state index is 5.13. The average Bonchev–Trinajstić information content (AvgIpc) is 2.35. The van der Waals surface area contributed by atoms with Gasteiger partial charge in [0.05, 0.1) is 7.11 Å². The van der Waals surface area contributed by atoms with Gasteiger partial charge in [-0.05, 0) is 31.0 Å². The molecule has 0 aliphatic carbocycles. The summed E-state index contributed by atoms with van der Waals surface area (Å²) in [5.41, 5.74) is 2.50. The van der Waals surface area contributed by atoms with Crippen molar-refractivity contribution >= 4 is 0 Å². The van der Waals surface area contributed by atoms with Gasteiger partial charge in [-0.3, -0.25) is 0 Å². The van der Waals surface area contributed by atoms with Crippen LogP contribution in [-0.4, -0.2) is 13.7 Å². The van der Waals surface area contributed by atoms with Gasteiger partial charge in [-0.15, -0.1) is 0 Å². The minimum Gasteiger partial charge on any atom is -0.497 e. The van der Waals surface area contributed by atoms with Gasteiger partial charge < -0.3 is 10.1 Å². The van der Waals surface area contributed by atoms with E-state index in [2.05, 4.69) is 37.9 Å². The molecule has 1 rings (SSSR count). The third-order valence-corrected chi connectivity index (χ3v) is 2.77. The lowest BCUT2D eigenvalue weighted by Crippen LogP contribution is -2.20. The van der Waals surface area contributed by atoms with Gasteiger partial charge >= 0.3 is 0 Å². The second-order valence-electron chi connectivity index (χ2n) is 3.98. The average molecular weight is 219 g/mol. The van der Waals surface area contributed by atoms with Crippen molar-refractivity contribution in [1.82, 2.24) is 5.32 Å². The summed E-state index contributed by atoms with van der Waals surface area (Å²) >= 11 is 0. The van der Waals surface area contributed by atoms with E-state index in [0.29, 0.717) is 6.04 Å². The fraction of sp³-hybridized carbons (Fsp3) is 0.429. The van der Waals surface area contributed by atoms with Gasteiger partial charge in [-0.2, -0.15) is 0 Å². The summed E-state index contributed by atoms with van der Waals surface area (Å²) < 4.78 is 5.13. The lowest BCUT2D eigenvalue weighted by molar-refractivity contribution is 0.414. The van der Waals surface area contributed by atoms with Gasteiger partial charge in [0.2, 0.25) is 0 Å². The number of hydrogen-bond acceptors (Lipinski definition) is 2. The third-order valence-electron chi connectivity index (χ3n) is 2.77. The van der Waals surface area contributed by atoms with E-state index in [1.54, 1.807) is 7.11 Å². The van der Waals surface area contributed by atoms with E-state index in [0.717, 1.165) is 18.7 Å². The zero-order valence-corrected chi connectivity index (χ0v) is 10.4. The normalized spacial score (nSPS) is 12.2. The molecule has 0 amide bonds. The number of nitrogens with one attached hydrogen (secondary N) is 1.